The highest BCUT2D eigenvalue weighted by molar-refractivity contribution is 5.81. The number of hydrogen-bond donors (Lipinski definition) is 0. The van der Waals surface area contributed by atoms with Crippen molar-refractivity contribution in [1.29, 1.82) is 0 Å². The Kier molecular flexibility index (Phi) is 7.37. The molecule has 1 amide bonds. The summed E-state index contributed by atoms with van der Waals surface area (Å²) in [5.41, 5.74) is 0. The molecule has 0 spiro atoms. The van der Waals surface area contributed by atoms with Crippen LogP contribution in [-0.2, 0) is 23.9 Å². The van der Waals surface area contributed by atoms with Gasteiger partial charge in [0.2, 0.25) is 0 Å². The Morgan fingerprint density at radius 1 is 1.15 bits per heavy atom. The molecule has 0 atom stereocenters. The van der Waals surface area contributed by atoms with Crippen LogP contribution in [0.5, 0.6) is 5.75 Å². The highest BCUT2D eigenvalue weighted by atomic mass is 19.1. The average Bonchev–Trinajstić information content (AvgIpc) is 2.65. The van der Waals surface area contributed by atoms with E-state index in [1.807, 2.05) is 0 Å². The van der Waals surface area contributed by atoms with E-state index in [1.165, 1.54) is 18.2 Å². The maximum Gasteiger partial charge on any atom is 0.344 e. The predicted octanol–water partition coefficient (Wildman–Crippen LogP) is 1.55. The molecule has 2 rings (SSSR count). The summed E-state index contributed by atoms with van der Waals surface area (Å²) in [6.45, 7) is 2.12. The van der Waals surface area contributed by atoms with Gasteiger partial charge in [-0.1, -0.05) is 6.07 Å². The number of amides is 1. The predicted molar refractivity (Wildman–Crippen MR) is 88.8 cm³/mol. The van der Waals surface area contributed by atoms with E-state index in [-0.39, 0.29) is 23.5 Å². The van der Waals surface area contributed by atoms with Gasteiger partial charge in [0.05, 0.1) is 12.5 Å². The Bertz CT molecular complexity index is 642. The van der Waals surface area contributed by atoms with Crippen LogP contribution in [0.3, 0.4) is 0 Å². The monoisotopic (exact) mass is 367 g/mol. The van der Waals surface area contributed by atoms with Gasteiger partial charge in [0.1, 0.15) is 11.6 Å². The third-order valence-electron chi connectivity index (χ3n) is 3.98. The van der Waals surface area contributed by atoms with Crippen LogP contribution in [0.15, 0.2) is 24.3 Å². The maximum atomic E-state index is 13.0. The first-order valence-corrected chi connectivity index (χ1v) is 8.48. The number of nitrogens with zero attached hydrogens (tertiary/aromatic N) is 1. The van der Waals surface area contributed by atoms with E-state index in [0.29, 0.717) is 32.5 Å². The van der Waals surface area contributed by atoms with Gasteiger partial charge in [0, 0.05) is 19.2 Å². The second-order valence-corrected chi connectivity index (χ2v) is 5.81. The van der Waals surface area contributed by atoms with Gasteiger partial charge < -0.3 is 19.1 Å². The van der Waals surface area contributed by atoms with Gasteiger partial charge in [-0.25, -0.2) is 9.18 Å². The van der Waals surface area contributed by atoms with Crippen molar-refractivity contribution < 1.29 is 33.0 Å². The van der Waals surface area contributed by atoms with Gasteiger partial charge in [0.15, 0.2) is 13.2 Å². The van der Waals surface area contributed by atoms with Crippen molar-refractivity contribution >= 4 is 17.8 Å². The van der Waals surface area contributed by atoms with Crippen LogP contribution < -0.4 is 4.74 Å². The van der Waals surface area contributed by atoms with Crippen molar-refractivity contribution in [2.45, 2.75) is 19.8 Å². The number of ether oxygens (including phenoxy) is 3. The van der Waals surface area contributed by atoms with Crippen molar-refractivity contribution in [2.75, 3.05) is 32.9 Å². The fourth-order valence-corrected chi connectivity index (χ4v) is 2.60. The third-order valence-corrected chi connectivity index (χ3v) is 3.98. The summed E-state index contributed by atoms with van der Waals surface area (Å²) in [4.78, 5) is 36.9. The topological polar surface area (TPSA) is 82.1 Å². The number of benzene rings is 1. The molecular weight excluding hydrogens is 345 g/mol. The average molecular weight is 367 g/mol. The molecule has 142 valence electrons. The molecule has 7 nitrogen and oxygen atoms in total. The molecule has 1 aliphatic rings. The summed E-state index contributed by atoms with van der Waals surface area (Å²) >= 11 is 0. The zero-order valence-corrected chi connectivity index (χ0v) is 14.6. The highest BCUT2D eigenvalue weighted by Gasteiger charge is 2.28. The Morgan fingerprint density at radius 3 is 2.54 bits per heavy atom. The number of hydrogen-bond acceptors (Lipinski definition) is 6. The van der Waals surface area contributed by atoms with Crippen molar-refractivity contribution in [1.82, 2.24) is 4.90 Å². The van der Waals surface area contributed by atoms with Crippen LogP contribution in [0, 0.1) is 11.7 Å². The van der Waals surface area contributed by atoms with E-state index in [4.69, 9.17) is 14.2 Å². The lowest BCUT2D eigenvalue weighted by atomic mass is 9.97. The summed E-state index contributed by atoms with van der Waals surface area (Å²) in [5.74, 6) is -1.75. The molecule has 0 N–H and O–H groups in total. The van der Waals surface area contributed by atoms with Gasteiger partial charge in [-0.15, -0.1) is 0 Å². The second-order valence-electron chi connectivity index (χ2n) is 5.81. The van der Waals surface area contributed by atoms with Gasteiger partial charge in [-0.05, 0) is 31.9 Å². The largest absolute Gasteiger partial charge is 0.482 e. The summed E-state index contributed by atoms with van der Waals surface area (Å²) in [6, 6.07) is 5.37. The van der Waals surface area contributed by atoms with E-state index in [2.05, 4.69) is 0 Å². The van der Waals surface area contributed by atoms with E-state index in [1.54, 1.807) is 11.8 Å². The summed E-state index contributed by atoms with van der Waals surface area (Å²) in [5, 5.41) is 0. The van der Waals surface area contributed by atoms with Crippen LogP contribution in [0.4, 0.5) is 4.39 Å². The SMILES string of the molecule is CCOC(=O)C1CCN(C(=O)COC(=O)COc2cccc(F)c2)CC1. The first kappa shape index (κ1) is 19.7. The maximum absolute atomic E-state index is 13.0. The number of halogens is 1. The molecule has 1 aromatic rings. The number of likely N-dealkylation sites (tertiary alicyclic amines) is 1. The van der Waals surface area contributed by atoms with Gasteiger partial charge in [-0.3, -0.25) is 9.59 Å². The summed E-state index contributed by atoms with van der Waals surface area (Å²) in [7, 11) is 0. The second kappa shape index (κ2) is 9.74. The normalized spacial score (nSPS) is 14.6. The van der Waals surface area contributed by atoms with Crippen LogP contribution in [0.1, 0.15) is 19.8 Å². The van der Waals surface area contributed by atoms with E-state index in [9.17, 15) is 18.8 Å². The number of piperidine rings is 1. The Balaban J connectivity index is 1.67. The van der Waals surface area contributed by atoms with Gasteiger partial charge in [-0.2, -0.15) is 0 Å². The molecule has 26 heavy (non-hydrogen) atoms. The van der Waals surface area contributed by atoms with Crippen LogP contribution >= 0.6 is 0 Å². The zero-order valence-electron chi connectivity index (χ0n) is 14.6. The first-order valence-electron chi connectivity index (χ1n) is 8.48. The van der Waals surface area contributed by atoms with Crippen molar-refractivity contribution in [3.8, 4) is 5.75 Å². The van der Waals surface area contributed by atoms with Crippen molar-refractivity contribution in [3.63, 3.8) is 0 Å². The minimum absolute atomic E-state index is 0.193. The molecule has 1 heterocycles. The molecule has 0 bridgehead atoms. The van der Waals surface area contributed by atoms with E-state index < -0.39 is 25.0 Å². The molecular formula is C18H22FNO6. The summed E-state index contributed by atoms with van der Waals surface area (Å²) < 4.78 is 28.0. The molecule has 0 aromatic heterocycles. The Hall–Kier alpha value is -2.64. The molecule has 8 heteroatoms. The number of rotatable bonds is 7. The van der Waals surface area contributed by atoms with Crippen LogP contribution in [0.25, 0.3) is 0 Å². The molecule has 1 saturated heterocycles. The highest BCUT2D eigenvalue weighted by Crippen LogP contribution is 2.18. The lowest BCUT2D eigenvalue weighted by Gasteiger charge is -2.30. The Labute approximate surface area is 151 Å². The van der Waals surface area contributed by atoms with Gasteiger partial charge in [0.25, 0.3) is 5.91 Å². The smallest absolute Gasteiger partial charge is 0.344 e. The lowest BCUT2D eigenvalue weighted by molar-refractivity contribution is -0.155. The number of esters is 2. The molecule has 0 unspecified atom stereocenters. The molecule has 1 fully saturated rings. The minimum Gasteiger partial charge on any atom is -0.482 e. The summed E-state index contributed by atoms with van der Waals surface area (Å²) in [6.07, 6.45) is 1.06. The first-order chi connectivity index (χ1) is 12.5. The fourth-order valence-electron chi connectivity index (χ4n) is 2.60. The van der Waals surface area contributed by atoms with E-state index >= 15 is 0 Å². The van der Waals surface area contributed by atoms with Crippen LogP contribution in [0.2, 0.25) is 0 Å². The molecule has 0 radical (unpaired) electrons. The minimum atomic E-state index is -0.718. The fraction of sp³-hybridized carbons (Fsp3) is 0.500. The van der Waals surface area contributed by atoms with Crippen molar-refractivity contribution in [3.05, 3.63) is 30.1 Å². The van der Waals surface area contributed by atoms with Gasteiger partial charge >= 0.3 is 11.9 Å². The zero-order chi connectivity index (χ0) is 18.9. The van der Waals surface area contributed by atoms with Crippen molar-refractivity contribution in [2.24, 2.45) is 5.92 Å². The third kappa shape index (κ3) is 6.02. The Morgan fingerprint density at radius 2 is 1.88 bits per heavy atom. The standard InChI is InChI=1S/C18H22FNO6/c1-2-24-18(23)13-6-8-20(9-7-13)16(21)11-26-17(22)12-25-15-5-3-4-14(19)10-15/h3-5,10,13H,2,6-9,11-12H2,1H3. The molecule has 0 aliphatic carbocycles. The van der Waals surface area contributed by atoms with E-state index in [0.717, 1.165) is 6.07 Å². The molecule has 1 aromatic carbocycles. The molecule has 1 aliphatic heterocycles. The van der Waals surface area contributed by atoms with Crippen LogP contribution in [-0.4, -0.2) is 55.7 Å². The molecule has 0 saturated carbocycles. The number of carbonyl (C=O) groups is 3. The number of carbonyl (C=O) groups excluding carboxylic acids is 3. The quantitative estimate of drug-likeness (QED) is 0.680. The lowest BCUT2D eigenvalue weighted by Crippen LogP contribution is -2.42.